The molecular weight excluding hydrogens is 367 g/mol. The fourth-order valence-corrected chi connectivity index (χ4v) is 3.64. The van der Waals surface area contributed by atoms with Crippen molar-refractivity contribution in [3.63, 3.8) is 0 Å². The molecule has 0 bridgehead atoms. The van der Waals surface area contributed by atoms with Crippen LogP contribution in [0, 0.1) is 12.7 Å². The van der Waals surface area contributed by atoms with Gasteiger partial charge in [-0.25, -0.2) is 17.9 Å². The number of nitrogens with one attached hydrogen (secondary N) is 1. The Labute approximate surface area is 149 Å². The molecule has 3 rings (SSSR count). The molecule has 0 saturated carbocycles. The summed E-state index contributed by atoms with van der Waals surface area (Å²) in [7, 11) is -3.81. The molecule has 25 heavy (non-hydrogen) atoms. The zero-order valence-electron chi connectivity index (χ0n) is 13.6. The molecule has 0 unspecified atom stereocenters. The normalized spacial score (nSPS) is 13.9. The van der Waals surface area contributed by atoms with E-state index in [-0.39, 0.29) is 14.9 Å². The lowest BCUT2D eigenvalue weighted by molar-refractivity contribution is 0.103. The lowest BCUT2D eigenvalue weighted by Crippen LogP contribution is -2.11. The number of anilines is 1. The number of thiophene rings is 1. The molecule has 1 aliphatic heterocycles. The van der Waals surface area contributed by atoms with Gasteiger partial charge in [0.2, 0.25) is 10.0 Å². The number of hydrogen-bond donors (Lipinski definition) is 2. The lowest BCUT2D eigenvalue weighted by Gasteiger charge is -2.05. The second-order valence-electron chi connectivity index (χ2n) is 5.40. The van der Waals surface area contributed by atoms with Crippen LogP contribution < -0.4 is 10.5 Å². The van der Waals surface area contributed by atoms with Crippen molar-refractivity contribution in [3.8, 4) is 0 Å². The molecule has 1 amide bonds. The van der Waals surface area contributed by atoms with Crippen LogP contribution >= 0.6 is 11.3 Å². The van der Waals surface area contributed by atoms with E-state index in [4.69, 9.17) is 9.88 Å². The summed E-state index contributed by atoms with van der Waals surface area (Å²) in [6.07, 6.45) is 2.56. The summed E-state index contributed by atoms with van der Waals surface area (Å²) in [5, 5.41) is 7.53. The Morgan fingerprint density at radius 1 is 1.24 bits per heavy atom. The molecule has 6 nitrogen and oxygen atoms in total. The topological polar surface area (TPSA) is 98.5 Å². The highest BCUT2D eigenvalue weighted by Crippen LogP contribution is 2.22. The van der Waals surface area contributed by atoms with Crippen molar-refractivity contribution in [2.75, 3.05) is 18.5 Å². The van der Waals surface area contributed by atoms with Crippen LogP contribution in [0.2, 0.25) is 0 Å². The van der Waals surface area contributed by atoms with Crippen molar-refractivity contribution in [2.24, 2.45) is 5.14 Å². The highest BCUT2D eigenvalue weighted by molar-refractivity contribution is 7.91. The maximum atomic E-state index is 13.1. The number of halogens is 1. The summed E-state index contributed by atoms with van der Waals surface area (Å²) in [5.74, 6) is -0.841. The largest absolute Gasteiger partial charge is 0.381 e. The molecule has 1 saturated heterocycles. The number of rotatable bonds is 3. The number of carbonyl (C=O) groups excluding carboxylic acids is 1. The van der Waals surface area contributed by atoms with E-state index in [1.807, 2.05) is 0 Å². The highest BCUT2D eigenvalue weighted by atomic mass is 32.2. The van der Waals surface area contributed by atoms with Gasteiger partial charge in [0.25, 0.3) is 5.91 Å². The van der Waals surface area contributed by atoms with Gasteiger partial charge in [-0.1, -0.05) is 0 Å². The van der Waals surface area contributed by atoms with E-state index < -0.39 is 15.9 Å². The first-order valence-electron chi connectivity index (χ1n) is 7.55. The first-order valence-corrected chi connectivity index (χ1v) is 9.91. The number of sulfonamides is 1. The minimum absolute atomic E-state index is 0.0852. The summed E-state index contributed by atoms with van der Waals surface area (Å²) >= 11 is 0.775. The van der Waals surface area contributed by atoms with Crippen LogP contribution in [-0.4, -0.2) is 27.5 Å². The zero-order valence-corrected chi connectivity index (χ0v) is 15.3. The van der Waals surface area contributed by atoms with E-state index in [9.17, 15) is 17.6 Å². The lowest BCUT2D eigenvalue weighted by atomic mass is 10.2. The summed E-state index contributed by atoms with van der Waals surface area (Å²) in [6, 6.07) is 6.80. The number of ether oxygens (including phenoxy) is 1. The Balaban J connectivity index is 0.000000386. The maximum Gasteiger partial charge on any atom is 0.265 e. The third kappa shape index (κ3) is 5.89. The van der Waals surface area contributed by atoms with Gasteiger partial charge in [-0.15, -0.1) is 11.3 Å². The predicted molar refractivity (Wildman–Crippen MR) is 94.8 cm³/mol. The van der Waals surface area contributed by atoms with Crippen LogP contribution in [0.1, 0.15) is 28.1 Å². The Morgan fingerprint density at radius 2 is 1.92 bits per heavy atom. The molecule has 0 radical (unpaired) electrons. The highest BCUT2D eigenvalue weighted by Gasteiger charge is 2.15. The van der Waals surface area contributed by atoms with Gasteiger partial charge in [0.15, 0.2) is 0 Å². The molecule has 136 valence electrons. The van der Waals surface area contributed by atoms with Crippen LogP contribution in [0.15, 0.2) is 34.5 Å². The van der Waals surface area contributed by atoms with E-state index in [1.165, 1.54) is 43.2 Å². The van der Waals surface area contributed by atoms with Crippen molar-refractivity contribution in [1.82, 2.24) is 0 Å². The number of carbonyl (C=O) groups is 1. The standard InChI is InChI=1S/C12H11FN2O3S2.C4H8O/c1-7-6-8(2-3-9(7)13)15-12(16)10-4-5-11(19-10)20(14,17)18;1-2-4-5-3-1/h2-6H,1H3,(H,15,16)(H2,14,17,18);1-4H2. The summed E-state index contributed by atoms with van der Waals surface area (Å²) in [6.45, 7) is 3.58. The molecule has 9 heteroatoms. The van der Waals surface area contributed by atoms with Crippen LogP contribution in [0.4, 0.5) is 10.1 Å². The van der Waals surface area contributed by atoms with Gasteiger partial charge in [0.1, 0.15) is 10.0 Å². The Hall–Kier alpha value is -1.81. The smallest absolute Gasteiger partial charge is 0.265 e. The molecule has 3 N–H and O–H groups in total. The van der Waals surface area contributed by atoms with Gasteiger partial charge in [-0.3, -0.25) is 4.79 Å². The van der Waals surface area contributed by atoms with Gasteiger partial charge in [0.05, 0.1) is 4.88 Å². The number of primary sulfonamides is 1. The minimum atomic E-state index is -3.81. The number of nitrogens with two attached hydrogens (primary N) is 1. The molecule has 2 heterocycles. The third-order valence-corrected chi connectivity index (χ3v) is 5.85. The first kappa shape index (κ1) is 19.5. The van der Waals surface area contributed by atoms with Gasteiger partial charge in [-0.2, -0.15) is 0 Å². The SMILES string of the molecule is C1CCOC1.Cc1cc(NC(=O)c2ccc(S(N)(=O)=O)s2)ccc1F. The molecule has 1 aromatic heterocycles. The quantitative estimate of drug-likeness (QED) is 0.847. The van der Waals surface area contributed by atoms with Gasteiger partial charge < -0.3 is 10.1 Å². The summed E-state index contributed by atoms with van der Waals surface area (Å²) in [5.41, 5.74) is 0.832. The van der Waals surface area contributed by atoms with Gasteiger partial charge in [0, 0.05) is 18.9 Å². The number of aryl methyl sites for hydroxylation is 1. The van der Waals surface area contributed by atoms with Gasteiger partial charge >= 0.3 is 0 Å². The molecule has 2 aromatic rings. The van der Waals surface area contributed by atoms with E-state index >= 15 is 0 Å². The van der Waals surface area contributed by atoms with E-state index in [1.54, 1.807) is 6.92 Å². The Morgan fingerprint density at radius 3 is 2.40 bits per heavy atom. The molecule has 1 fully saturated rings. The van der Waals surface area contributed by atoms with E-state index in [0.717, 1.165) is 24.6 Å². The van der Waals surface area contributed by atoms with Crippen LogP contribution in [-0.2, 0) is 14.8 Å². The molecule has 0 aliphatic carbocycles. The molecule has 1 aliphatic rings. The van der Waals surface area contributed by atoms with Crippen LogP contribution in [0.25, 0.3) is 0 Å². The summed E-state index contributed by atoms with van der Waals surface area (Å²) in [4.78, 5) is 12.1. The Bertz CT molecular complexity index is 838. The fourth-order valence-electron chi connectivity index (χ4n) is 2.02. The third-order valence-electron chi connectivity index (χ3n) is 3.33. The molecule has 1 aromatic carbocycles. The van der Waals surface area contributed by atoms with Crippen LogP contribution in [0.3, 0.4) is 0 Å². The fraction of sp³-hybridized carbons (Fsp3) is 0.312. The molecule has 0 spiro atoms. The van der Waals surface area contributed by atoms with Crippen molar-refractivity contribution in [1.29, 1.82) is 0 Å². The first-order chi connectivity index (χ1) is 11.8. The van der Waals surface area contributed by atoms with Crippen LogP contribution in [0.5, 0.6) is 0 Å². The monoisotopic (exact) mass is 386 g/mol. The van der Waals surface area contributed by atoms with Crippen molar-refractivity contribution < 1.29 is 22.3 Å². The molecular formula is C16H19FN2O4S2. The number of benzene rings is 1. The Kier molecular flexibility index (Phi) is 6.65. The average Bonchev–Trinajstić information content (AvgIpc) is 3.24. The maximum absolute atomic E-state index is 13.1. The number of amides is 1. The minimum Gasteiger partial charge on any atom is -0.381 e. The van der Waals surface area contributed by atoms with Crippen molar-refractivity contribution >= 4 is 33.0 Å². The number of hydrogen-bond acceptors (Lipinski definition) is 5. The zero-order chi connectivity index (χ0) is 18.4. The van der Waals surface area contributed by atoms with Crippen molar-refractivity contribution in [2.45, 2.75) is 24.0 Å². The van der Waals surface area contributed by atoms with Gasteiger partial charge in [-0.05, 0) is 55.7 Å². The second-order valence-corrected chi connectivity index (χ2v) is 8.27. The van der Waals surface area contributed by atoms with E-state index in [2.05, 4.69) is 5.32 Å². The predicted octanol–water partition coefficient (Wildman–Crippen LogP) is 2.89. The van der Waals surface area contributed by atoms with Crippen molar-refractivity contribution in [3.05, 3.63) is 46.6 Å². The molecule has 0 atom stereocenters. The average molecular weight is 386 g/mol. The van der Waals surface area contributed by atoms with E-state index in [0.29, 0.717) is 11.3 Å². The second kappa shape index (κ2) is 8.52. The summed E-state index contributed by atoms with van der Waals surface area (Å²) < 4.78 is 40.2.